The lowest BCUT2D eigenvalue weighted by Gasteiger charge is -2.27. The number of benzene rings is 2. The van der Waals surface area contributed by atoms with Gasteiger partial charge in [0.15, 0.2) is 15.8 Å². The number of nitrogens with zero attached hydrogens (tertiary/aromatic N) is 2. The second-order valence-electron chi connectivity index (χ2n) is 6.97. The van der Waals surface area contributed by atoms with Crippen LogP contribution in [0.3, 0.4) is 0 Å². The minimum Gasteiger partial charge on any atom is -0.370 e. The molecule has 0 saturated carbocycles. The van der Waals surface area contributed by atoms with Gasteiger partial charge in [0.25, 0.3) is 0 Å². The number of para-hydroxylation sites is 1. The molecule has 0 aromatic heterocycles. The number of likely N-dealkylation sites (N-methyl/N-ethyl adjacent to an activating group) is 1. The third kappa shape index (κ3) is 7.50. The quantitative estimate of drug-likeness (QED) is 0.327. The van der Waals surface area contributed by atoms with E-state index in [1.165, 1.54) is 11.9 Å². The molecule has 0 aliphatic rings. The second-order valence-corrected chi connectivity index (χ2v) is 8.96. The summed E-state index contributed by atoms with van der Waals surface area (Å²) < 4.78 is 23.5. The van der Waals surface area contributed by atoms with Crippen molar-refractivity contribution >= 4 is 45.5 Å². The van der Waals surface area contributed by atoms with Crippen LogP contribution in [0.25, 0.3) is 0 Å². The van der Waals surface area contributed by atoms with E-state index in [9.17, 15) is 8.42 Å². The molecule has 2 aromatic carbocycles. The summed E-state index contributed by atoms with van der Waals surface area (Å²) in [6.45, 7) is 5.26. The highest BCUT2D eigenvalue weighted by atomic mass is 127. The fraction of sp³-hybridized carbons (Fsp3) is 0.381. The van der Waals surface area contributed by atoms with E-state index < -0.39 is 9.84 Å². The molecule has 0 saturated heterocycles. The number of sulfone groups is 1. The molecule has 6 nitrogen and oxygen atoms in total. The fourth-order valence-electron chi connectivity index (χ4n) is 2.94. The van der Waals surface area contributed by atoms with Crippen LogP contribution >= 0.6 is 24.0 Å². The zero-order chi connectivity index (χ0) is 20.7. The van der Waals surface area contributed by atoms with Crippen LogP contribution in [-0.4, -0.2) is 47.3 Å². The van der Waals surface area contributed by atoms with Crippen molar-refractivity contribution in [3.05, 3.63) is 59.7 Å². The Morgan fingerprint density at radius 1 is 1.14 bits per heavy atom. The molecular weight excluding hydrogens is 499 g/mol. The monoisotopic (exact) mass is 530 g/mol. The van der Waals surface area contributed by atoms with Gasteiger partial charge in [-0.3, -0.25) is 4.99 Å². The average molecular weight is 530 g/mol. The fourth-order valence-corrected chi connectivity index (χ4v) is 3.90. The van der Waals surface area contributed by atoms with Crippen molar-refractivity contribution in [1.29, 1.82) is 0 Å². The highest BCUT2D eigenvalue weighted by Gasteiger charge is 2.12. The molecule has 2 rings (SSSR count). The number of guanidine groups is 1. The molecule has 0 amide bonds. The molecule has 0 bridgehead atoms. The van der Waals surface area contributed by atoms with Gasteiger partial charge < -0.3 is 15.5 Å². The summed E-state index contributed by atoms with van der Waals surface area (Å²) in [7, 11) is 0.612. The highest BCUT2D eigenvalue weighted by Crippen LogP contribution is 2.16. The Kier molecular flexibility index (Phi) is 9.91. The SMILES string of the molecule is CN=C(NCc1ccc(S(C)(=O)=O)c(C)c1)NCC(C)N(C)c1ccccc1.I. The summed E-state index contributed by atoms with van der Waals surface area (Å²) in [5.41, 5.74) is 2.92. The van der Waals surface area contributed by atoms with Crippen molar-refractivity contribution in [2.75, 3.05) is 31.8 Å². The molecule has 0 fully saturated rings. The number of halogens is 1. The van der Waals surface area contributed by atoms with Gasteiger partial charge in [0, 0.05) is 45.2 Å². The van der Waals surface area contributed by atoms with Gasteiger partial charge in [-0.25, -0.2) is 8.42 Å². The summed E-state index contributed by atoms with van der Waals surface area (Å²) in [6.07, 6.45) is 1.23. The van der Waals surface area contributed by atoms with Gasteiger partial charge in [0.1, 0.15) is 0 Å². The van der Waals surface area contributed by atoms with Gasteiger partial charge in [-0.15, -0.1) is 24.0 Å². The molecule has 0 spiro atoms. The third-order valence-electron chi connectivity index (χ3n) is 4.71. The van der Waals surface area contributed by atoms with Gasteiger partial charge in [0.05, 0.1) is 4.90 Å². The molecule has 1 atom stereocenters. The van der Waals surface area contributed by atoms with Crippen LogP contribution in [0.1, 0.15) is 18.1 Å². The topological polar surface area (TPSA) is 73.8 Å². The van der Waals surface area contributed by atoms with Crippen LogP contribution in [0.5, 0.6) is 0 Å². The van der Waals surface area contributed by atoms with E-state index in [0.717, 1.165) is 17.7 Å². The van der Waals surface area contributed by atoms with E-state index in [-0.39, 0.29) is 30.0 Å². The predicted octanol–water partition coefficient (Wildman–Crippen LogP) is 3.21. The summed E-state index contributed by atoms with van der Waals surface area (Å²) in [4.78, 5) is 6.85. The van der Waals surface area contributed by atoms with Gasteiger partial charge in [-0.05, 0) is 43.2 Å². The number of rotatable bonds is 7. The Hall–Kier alpha value is -1.81. The Morgan fingerprint density at radius 2 is 1.79 bits per heavy atom. The molecule has 0 aliphatic carbocycles. The van der Waals surface area contributed by atoms with Gasteiger partial charge in [-0.2, -0.15) is 0 Å². The number of hydrogen-bond acceptors (Lipinski definition) is 4. The van der Waals surface area contributed by atoms with Crippen LogP contribution in [0, 0.1) is 6.92 Å². The molecule has 2 N–H and O–H groups in total. The summed E-state index contributed by atoms with van der Waals surface area (Å²) in [5, 5.41) is 6.62. The number of aliphatic imine (C=N–C) groups is 1. The van der Waals surface area contributed by atoms with E-state index in [1.54, 1.807) is 13.1 Å². The molecule has 0 heterocycles. The molecule has 0 aliphatic heterocycles. The first-order valence-electron chi connectivity index (χ1n) is 9.24. The van der Waals surface area contributed by atoms with Crippen molar-refractivity contribution in [1.82, 2.24) is 10.6 Å². The number of hydrogen-bond donors (Lipinski definition) is 2. The Bertz CT molecular complexity index is 918. The maximum Gasteiger partial charge on any atom is 0.191 e. The number of nitrogens with one attached hydrogen (secondary N) is 2. The van der Waals surface area contributed by atoms with Crippen LogP contribution < -0.4 is 15.5 Å². The van der Waals surface area contributed by atoms with E-state index in [0.29, 0.717) is 17.4 Å². The first kappa shape index (κ1) is 25.2. The lowest BCUT2D eigenvalue weighted by molar-refractivity contribution is 0.601. The van der Waals surface area contributed by atoms with E-state index in [4.69, 9.17) is 0 Å². The second kappa shape index (κ2) is 11.4. The maximum absolute atomic E-state index is 11.7. The van der Waals surface area contributed by atoms with E-state index >= 15 is 0 Å². The molecule has 0 radical (unpaired) electrons. The summed E-state index contributed by atoms with van der Waals surface area (Å²) in [6, 6.07) is 15.9. The van der Waals surface area contributed by atoms with Crippen LogP contribution in [0.15, 0.2) is 58.4 Å². The Morgan fingerprint density at radius 3 is 2.34 bits per heavy atom. The number of aryl methyl sites for hydroxylation is 1. The van der Waals surface area contributed by atoms with Crippen LogP contribution in [-0.2, 0) is 16.4 Å². The Balaban J connectivity index is 0.00000420. The van der Waals surface area contributed by atoms with Crippen molar-refractivity contribution in [3.8, 4) is 0 Å². The average Bonchev–Trinajstić information content (AvgIpc) is 2.67. The van der Waals surface area contributed by atoms with E-state index in [1.807, 2.05) is 37.3 Å². The van der Waals surface area contributed by atoms with E-state index in [2.05, 4.69) is 46.6 Å². The first-order valence-corrected chi connectivity index (χ1v) is 11.1. The lowest BCUT2D eigenvalue weighted by atomic mass is 10.1. The Labute approximate surface area is 191 Å². The first-order chi connectivity index (χ1) is 13.2. The molecular formula is C21H31IN4O2S. The maximum atomic E-state index is 11.7. The minimum absolute atomic E-state index is 0. The minimum atomic E-state index is -3.20. The lowest BCUT2D eigenvalue weighted by Crippen LogP contribution is -2.44. The summed E-state index contributed by atoms with van der Waals surface area (Å²) in [5.74, 6) is 0.707. The van der Waals surface area contributed by atoms with Gasteiger partial charge in [0.2, 0.25) is 0 Å². The van der Waals surface area contributed by atoms with Crippen molar-refractivity contribution in [2.45, 2.75) is 31.3 Å². The van der Waals surface area contributed by atoms with Crippen LogP contribution in [0.2, 0.25) is 0 Å². The largest absolute Gasteiger partial charge is 0.370 e. The molecule has 160 valence electrons. The predicted molar refractivity (Wildman–Crippen MR) is 132 cm³/mol. The van der Waals surface area contributed by atoms with Gasteiger partial charge in [-0.1, -0.05) is 30.3 Å². The smallest absolute Gasteiger partial charge is 0.191 e. The zero-order valence-corrected chi connectivity index (χ0v) is 20.8. The zero-order valence-electron chi connectivity index (χ0n) is 17.6. The molecule has 29 heavy (non-hydrogen) atoms. The van der Waals surface area contributed by atoms with Crippen molar-refractivity contribution < 1.29 is 8.42 Å². The molecule has 1 unspecified atom stereocenters. The van der Waals surface area contributed by atoms with Crippen molar-refractivity contribution in [2.24, 2.45) is 4.99 Å². The van der Waals surface area contributed by atoms with Crippen molar-refractivity contribution in [3.63, 3.8) is 0 Å². The highest BCUT2D eigenvalue weighted by molar-refractivity contribution is 14.0. The number of anilines is 1. The molecule has 8 heteroatoms. The summed E-state index contributed by atoms with van der Waals surface area (Å²) >= 11 is 0. The van der Waals surface area contributed by atoms with Gasteiger partial charge >= 0.3 is 0 Å². The normalized spacial score (nSPS) is 12.7. The van der Waals surface area contributed by atoms with Crippen LogP contribution in [0.4, 0.5) is 5.69 Å². The molecule has 2 aromatic rings. The standard InChI is InChI=1S/C21H30N4O2S.HI/c1-16-13-18(11-12-20(16)28(5,26)27)15-24-21(22-3)23-14-17(2)25(4)19-9-7-6-8-10-19;/h6-13,17H,14-15H2,1-5H3,(H2,22,23,24);1H. The third-order valence-corrected chi connectivity index (χ3v) is 5.97.